The minimum Gasteiger partial charge on any atom is -0.494 e. The van der Waals surface area contributed by atoms with Crippen molar-refractivity contribution in [3.8, 4) is 5.75 Å². The number of H-pyrrole nitrogens is 1. The molecule has 1 aliphatic rings. The van der Waals surface area contributed by atoms with E-state index in [0.29, 0.717) is 18.0 Å². The largest absolute Gasteiger partial charge is 0.494 e. The lowest BCUT2D eigenvalue weighted by Crippen LogP contribution is -2.55. The van der Waals surface area contributed by atoms with Gasteiger partial charge in [-0.2, -0.15) is 4.72 Å². The number of rotatable bonds is 32. The number of ether oxygens (including phenoxy) is 1. The first kappa shape index (κ1) is 70.2. The third kappa shape index (κ3) is 22.3. The number of amides is 5. The number of carbonyl (C=O) groups excluding carboxylic acids is 5. The number of aromatic amines is 1. The predicted molar refractivity (Wildman–Crippen MR) is 319 cm³/mol. The van der Waals surface area contributed by atoms with Crippen LogP contribution in [0.1, 0.15) is 66.6 Å². The van der Waals surface area contributed by atoms with E-state index in [0.717, 1.165) is 5.56 Å². The molecule has 12 N–H and O–H groups in total. The molecule has 5 amide bonds. The fourth-order valence-electron chi connectivity index (χ4n) is 9.71. The van der Waals surface area contributed by atoms with Crippen molar-refractivity contribution >= 4 is 80.3 Å². The number of nitrogens with one attached hydrogen (secondary N) is 8. The Hall–Kier alpha value is -8.56. The van der Waals surface area contributed by atoms with E-state index in [2.05, 4.69) is 46.6 Å². The van der Waals surface area contributed by atoms with Gasteiger partial charge in [-0.3, -0.25) is 67.5 Å². The van der Waals surface area contributed by atoms with Crippen LogP contribution in [0.4, 0.5) is 5.95 Å². The Morgan fingerprint density at radius 3 is 1.76 bits per heavy atom. The summed E-state index contributed by atoms with van der Waals surface area (Å²) in [6, 6.07) is 4.08. The summed E-state index contributed by atoms with van der Waals surface area (Å²) in [7, 11) is -2.87. The van der Waals surface area contributed by atoms with Gasteiger partial charge in [-0.05, 0) is 74.1 Å². The van der Waals surface area contributed by atoms with Crippen LogP contribution in [0.15, 0.2) is 58.6 Å². The molecular formula is C56H80N14O17S. The number of fused-ring (bicyclic) bond motifs is 1. The lowest BCUT2D eigenvalue weighted by Gasteiger charge is -2.33. The summed E-state index contributed by atoms with van der Waals surface area (Å²) in [5.41, 5.74) is 0.901. The monoisotopic (exact) mass is 1250 g/mol. The molecule has 32 heteroatoms. The van der Waals surface area contributed by atoms with Crippen LogP contribution in [0, 0.1) is 13.8 Å². The maximum absolute atomic E-state index is 13.7. The molecule has 1 fully saturated rings. The summed E-state index contributed by atoms with van der Waals surface area (Å²) in [4.78, 5) is 140. The van der Waals surface area contributed by atoms with Gasteiger partial charge in [0.15, 0.2) is 5.95 Å². The van der Waals surface area contributed by atoms with Crippen LogP contribution in [-0.4, -0.2) is 239 Å². The highest BCUT2D eigenvalue weighted by molar-refractivity contribution is 7.89. The lowest BCUT2D eigenvalue weighted by molar-refractivity contribution is -0.140. The first-order chi connectivity index (χ1) is 41.8. The average Bonchev–Trinajstić information content (AvgIpc) is 1.31. The van der Waals surface area contributed by atoms with Gasteiger partial charge < -0.3 is 66.6 Å². The Bertz CT molecular complexity index is 3230. The number of sulfonamides is 1. The Balaban J connectivity index is 1.04. The molecule has 482 valence electrons. The van der Waals surface area contributed by atoms with Crippen LogP contribution in [-0.2, 0) is 62.0 Å². The van der Waals surface area contributed by atoms with Gasteiger partial charge in [-0.25, -0.2) is 13.4 Å². The van der Waals surface area contributed by atoms with E-state index in [4.69, 9.17) is 4.74 Å². The van der Waals surface area contributed by atoms with Crippen LogP contribution in [0.25, 0.3) is 10.9 Å². The van der Waals surface area contributed by atoms with E-state index in [1.54, 1.807) is 75.7 Å². The molecule has 1 unspecified atom stereocenters. The quantitative estimate of drug-likeness (QED) is 0.0243. The predicted octanol–water partition coefficient (Wildman–Crippen LogP) is -1.69. The maximum Gasteiger partial charge on any atom is 0.323 e. The third-order valence-corrected chi connectivity index (χ3v) is 16.0. The zero-order chi connectivity index (χ0) is 64.7. The molecule has 0 radical (unpaired) electrons. The van der Waals surface area contributed by atoms with Gasteiger partial charge in [0.2, 0.25) is 39.1 Å². The highest BCUT2D eigenvalue weighted by Crippen LogP contribution is 2.26. The number of carboxylic acids is 4. The smallest absolute Gasteiger partial charge is 0.323 e. The fraction of sp³-hybridized carbons (Fsp3) is 0.518. The second-order valence-corrected chi connectivity index (χ2v) is 22.8. The molecule has 31 nitrogen and oxygen atoms in total. The van der Waals surface area contributed by atoms with Gasteiger partial charge in [0.25, 0.3) is 5.91 Å². The van der Waals surface area contributed by atoms with Gasteiger partial charge >= 0.3 is 23.9 Å². The van der Waals surface area contributed by atoms with Crippen molar-refractivity contribution < 1.29 is 76.7 Å². The zero-order valence-corrected chi connectivity index (χ0v) is 50.7. The molecule has 0 saturated carbocycles. The number of aryl methyl sites for hydroxylation is 3. The number of anilines is 1. The first-order valence-electron chi connectivity index (χ1n) is 28.6. The fourth-order valence-corrected chi connectivity index (χ4v) is 11.4. The van der Waals surface area contributed by atoms with Crippen LogP contribution in [0.2, 0.25) is 0 Å². The summed E-state index contributed by atoms with van der Waals surface area (Å²) >= 11 is 0. The van der Waals surface area contributed by atoms with Gasteiger partial charge in [0.05, 0.1) is 43.2 Å². The molecule has 5 rings (SSSR count). The van der Waals surface area contributed by atoms with Crippen LogP contribution >= 0.6 is 0 Å². The zero-order valence-electron chi connectivity index (χ0n) is 49.9. The topological polar surface area (TPSA) is 426 Å². The van der Waals surface area contributed by atoms with E-state index < -0.39 is 87.6 Å². The van der Waals surface area contributed by atoms with E-state index in [9.17, 15) is 76.8 Å². The molecule has 88 heavy (non-hydrogen) atoms. The van der Waals surface area contributed by atoms with Gasteiger partial charge in [-0.1, -0.05) is 19.9 Å². The number of carboxylic acid groups (broad SMARTS) is 4. The molecule has 3 atom stereocenters. The Kier molecular flexibility index (Phi) is 27.2. The molecule has 2 aromatic heterocycles. The number of hydrogen-bond donors (Lipinski definition) is 12. The summed E-state index contributed by atoms with van der Waals surface area (Å²) < 4.78 is 36.9. The van der Waals surface area contributed by atoms with E-state index >= 15 is 0 Å². The number of aromatic nitrogens is 3. The second kappa shape index (κ2) is 34.1. The highest BCUT2D eigenvalue weighted by Gasteiger charge is 2.31. The van der Waals surface area contributed by atoms with E-state index in [1.807, 2.05) is 0 Å². The van der Waals surface area contributed by atoms with Crippen molar-refractivity contribution in [3.63, 3.8) is 0 Å². The molecule has 0 bridgehead atoms. The van der Waals surface area contributed by atoms with Crippen molar-refractivity contribution in [2.45, 2.75) is 82.9 Å². The average molecular weight is 1250 g/mol. The van der Waals surface area contributed by atoms with Gasteiger partial charge in [0.1, 0.15) is 29.4 Å². The number of carbonyl (C=O) groups is 9. The van der Waals surface area contributed by atoms with Crippen LogP contribution in [0.3, 0.4) is 0 Å². The third-order valence-electron chi connectivity index (χ3n) is 14.3. The van der Waals surface area contributed by atoms with Gasteiger partial charge in [-0.15, -0.1) is 0 Å². The molecule has 0 spiro atoms. The number of nitrogens with zero attached hydrogens (tertiary/aromatic N) is 6. The number of pyridine rings is 1. The molecule has 2 aromatic carbocycles. The Morgan fingerprint density at radius 2 is 1.24 bits per heavy atom. The number of hydrogen-bond acceptors (Lipinski definition) is 19. The molecular weight excluding hydrogens is 1170 g/mol. The maximum atomic E-state index is 13.7. The van der Waals surface area contributed by atoms with Crippen molar-refractivity contribution in [1.29, 1.82) is 0 Å². The number of aliphatic carboxylic acids is 4. The van der Waals surface area contributed by atoms with Crippen LogP contribution in [0.5, 0.6) is 5.75 Å². The van der Waals surface area contributed by atoms with Crippen molar-refractivity contribution in [2.24, 2.45) is 7.05 Å². The van der Waals surface area contributed by atoms with Crippen molar-refractivity contribution in [3.05, 3.63) is 81.4 Å². The standard InChI is InChI=1S/C56H80N14O17S/c1-6-41(64-54(82)42(7-2)63-46(72)31-67-16-18-68(32-47(73)74)20-22-70(34-49(77)78)23-21-69(19-17-67)33-48(75)76)53(81)58-13-12-57-45(71)9-8-24-87-38-25-35(3)51(36(4)26-38)88(85,86)65-43(55(83)84)29-61-52(80)40-30-66(5)44-27-37(10-11-39(44)50(40)79)28-62-56-59-14-15-60-56/h10-11,14-15,25-27,30,41-43,65H,6-9,12-13,16-24,28-29,31-34H2,1-5H3,(H,57,71)(H,58,81)(H,61,80)(H,63,72)(H,64,82)(H,73,74)(H,75,76)(H,77,78)(H,83,84)(H2,59,60,62)/t41-,42-,43?/m0/s1. The molecule has 0 aliphatic carbocycles. The number of benzene rings is 2. The minimum absolute atomic E-state index is 0.0110. The molecule has 1 aliphatic heterocycles. The summed E-state index contributed by atoms with van der Waals surface area (Å²) in [6.45, 7) is 6.46. The summed E-state index contributed by atoms with van der Waals surface area (Å²) in [5, 5.41) is 54.9. The van der Waals surface area contributed by atoms with E-state index in [-0.39, 0.29) is 163 Å². The van der Waals surface area contributed by atoms with Crippen LogP contribution < -0.4 is 46.8 Å². The van der Waals surface area contributed by atoms with Crippen molar-refractivity contribution in [2.75, 3.05) is 110 Å². The minimum atomic E-state index is -4.52. The number of imidazole rings is 1. The molecule has 3 heterocycles. The lowest BCUT2D eigenvalue weighted by atomic mass is 10.1. The van der Waals surface area contributed by atoms with Gasteiger partial charge in [0, 0.05) is 116 Å². The Morgan fingerprint density at radius 1 is 0.693 bits per heavy atom. The normalized spacial score (nSPS) is 15.1. The molecule has 1 saturated heterocycles. The first-order valence-corrected chi connectivity index (χ1v) is 30.1. The highest BCUT2D eigenvalue weighted by atomic mass is 32.2. The second-order valence-electron chi connectivity index (χ2n) is 21.1. The van der Waals surface area contributed by atoms with E-state index in [1.165, 1.54) is 32.2 Å². The van der Waals surface area contributed by atoms with Crippen molar-refractivity contribution in [1.82, 2.24) is 65.4 Å². The SMILES string of the molecule is CC[C@H](NC(=O)CN1CCN(CC(=O)O)CCN(CC(=O)O)CCN(CC(=O)O)CC1)C(=O)N[C@@H](CC)C(=O)NCCNC(=O)CCCOc1cc(C)c(S(=O)(=O)NC(CNC(=O)c2cn(C)c3cc(CNc4ncc[nH]4)ccc3c2=O)C(=O)O)c(C)c1. The summed E-state index contributed by atoms with van der Waals surface area (Å²) in [5.74, 6) is -7.00. The summed E-state index contributed by atoms with van der Waals surface area (Å²) in [6.07, 6.45) is 5.19. The molecule has 4 aromatic rings. The Labute approximate surface area is 508 Å².